The quantitative estimate of drug-likeness (QED) is 0.616. The van der Waals surface area contributed by atoms with Crippen molar-refractivity contribution < 1.29 is 21.6 Å². The number of hydrogen-bond acceptors (Lipinski definition) is 6. The lowest BCUT2D eigenvalue weighted by Gasteiger charge is -2.12. The number of nitrogens with one attached hydrogen (secondary N) is 1. The van der Waals surface area contributed by atoms with E-state index in [4.69, 9.17) is 0 Å². The summed E-state index contributed by atoms with van der Waals surface area (Å²) in [6.45, 7) is 1.49. The molecule has 0 spiro atoms. The van der Waals surface area contributed by atoms with Crippen LogP contribution in [0.4, 0.5) is 19.0 Å². The average molecular weight is 478 g/mol. The first-order valence-corrected chi connectivity index (χ1v) is 10.4. The van der Waals surface area contributed by atoms with Crippen LogP contribution in [0.15, 0.2) is 27.7 Å². The van der Waals surface area contributed by atoms with Gasteiger partial charge >= 0.3 is 6.18 Å². The van der Waals surface area contributed by atoms with Crippen LogP contribution in [0.3, 0.4) is 0 Å². The maximum absolute atomic E-state index is 13.0. The molecule has 12 heteroatoms. The molecule has 0 bridgehead atoms. The first-order chi connectivity index (χ1) is 13.0. The lowest BCUT2D eigenvalue weighted by Crippen LogP contribution is -2.10. The molecule has 0 unspecified atom stereocenters. The van der Waals surface area contributed by atoms with Crippen molar-refractivity contribution in [3.63, 3.8) is 0 Å². The van der Waals surface area contributed by atoms with E-state index in [-0.39, 0.29) is 33.3 Å². The Labute approximate surface area is 167 Å². The summed E-state index contributed by atoms with van der Waals surface area (Å²) in [5, 5.41) is 2.83. The summed E-state index contributed by atoms with van der Waals surface area (Å²) < 4.78 is 65.9. The van der Waals surface area contributed by atoms with Crippen molar-refractivity contribution in [2.45, 2.75) is 18.0 Å². The molecule has 28 heavy (non-hydrogen) atoms. The number of rotatable bonds is 4. The van der Waals surface area contributed by atoms with Crippen LogP contribution >= 0.6 is 15.9 Å². The Morgan fingerprint density at radius 1 is 1.25 bits per heavy atom. The predicted octanol–water partition coefficient (Wildman–Crippen LogP) is 3.65. The average Bonchev–Trinajstić information content (AvgIpc) is 2.97. The zero-order chi connectivity index (χ0) is 20.9. The monoisotopic (exact) mass is 477 g/mol. The highest BCUT2D eigenvalue weighted by atomic mass is 79.9. The van der Waals surface area contributed by atoms with Crippen LogP contribution in [0.1, 0.15) is 12.5 Å². The van der Waals surface area contributed by atoms with Gasteiger partial charge < -0.3 is 9.88 Å². The van der Waals surface area contributed by atoms with Crippen LogP contribution in [0.5, 0.6) is 0 Å². The zero-order valence-electron chi connectivity index (χ0n) is 15.0. The maximum Gasteiger partial charge on any atom is 0.417 e. The second-order valence-corrected chi connectivity index (χ2v) is 8.98. The van der Waals surface area contributed by atoms with E-state index >= 15 is 0 Å². The van der Waals surface area contributed by atoms with Gasteiger partial charge in [0.05, 0.1) is 20.7 Å². The first-order valence-electron chi connectivity index (χ1n) is 8.00. The standard InChI is InChI=1S/C16H15BrF3N5O2S/c1-4-28(26,27)11-6-9(17)13(21-2)24-12(11)15-23-10-5-8(16(18,19)20)7-22-14(10)25(15)3/h5-7H,4H2,1-3H3,(H,21,24). The topological polar surface area (TPSA) is 89.8 Å². The van der Waals surface area contributed by atoms with Gasteiger partial charge in [-0.2, -0.15) is 13.2 Å². The number of nitrogens with zero attached hydrogens (tertiary/aromatic N) is 4. The number of imidazole rings is 1. The molecule has 0 saturated heterocycles. The summed E-state index contributed by atoms with van der Waals surface area (Å²) in [6, 6.07) is 2.28. The zero-order valence-corrected chi connectivity index (χ0v) is 17.4. The van der Waals surface area contributed by atoms with E-state index in [0.717, 1.165) is 6.07 Å². The number of aromatic nitrogens is 4. The van der Waals surface area contributed by atoms with E-state index in [2.05, 4.69) is 36.2 Å². The third-order valence-electron chi connectivity index (χ3n) is 4.14. The van der Waals surface area contributed by atoms with Crippen LogP contribution < -0.4 is 5.32 Å². The van der Waals surface area contributed by atoms with Crippen LogP contribution in [0.2, 0.25) is 0 Å². The fraction of sp³-hybridized carbons (Fsp3) is 0.312. The number of anilines is 1. The molecule has 3 heterocycles. The van der Waals surface area contributed by atoms with E-state index in [9.17, 15) is 21.6 Å². The fourth-order valence-electron chi connectivity index (χ4n) is 2.64. The smallest absolute Gasteiger partial charge is 0.372 e. The molecule has 0 aromatic carbocycles. The number of hydrogen-bond donors (Lipinski definition) is 1. The Morgan fingerprint density at radius 2 is 1.93 bits per heavy atom. The van der Waals surface area contributed by atoms with Crippen molar-refractivity contribution in [1.29, 1.82) is 0 Å². The fourth-order valence-corrected chi connectivity index (χ4v) is 4.35. The summed E-state index contributed by atoms with van der Waals surface area (Å²) in [5.41, 5.74) is -0.740. The highest BCUT2D eigenvalue weighted by molar-refractivity contribution is 9.10. The number of pyridine rings is 2. The van der Waals surface area contributed by atoms with Crippen molar-refractivity contribution in [1.82, 2.24) is 19.5 Å². The number of alkyl halides is 3. The first kappa shape index (κ1) is 20.5. The largest absolute Gasteiger partial charge is 0.417 e. The minimum absolute atomic E-state index is 0.0112. The van der Waals surface area contributed by atoms with Gasteiger partial charge in [-0.05, 0) is 28.1 Å². The molecule has 0 saturated carbocycles. The van der Waals surface area contributed by atoms with Gasteiger partial charge in [-0.15, -0.1) is 0 Å². The molecule has 1 N–H and O–H groups in total. The second kappa shape index (κ2) is 6.99. The van der Waals surface area contributed by atoms with Crippen LogP contribution in [-0.2, 0) is 23.1 Å². The predicted molar refractivity (Wildman–Crippen MR) is 102 cm³/mol. The molecule has 0 atom stereocenters. The lowest BCUT2D eigenvalue weighted by molar-refractivity contribution is -0.137. The summed E-state index contributed by atoms with van der Waals surface area (Å²) in [4.78, 5) is 12.3. The van der Waals surface area contributed by atoms with Gasteiger partial charge in [-0.1, -0.05) is 6.92 Å². The van der Waals surface area contributed by atoms with E-state index < -0.39 is 21.6 Å². The number of halogens is 4. The molecule has 3 rings (SSSR count). The minimum atomic E-state index is -4.56. The Hall–Kier alpha value is -2.21. The van der Waals surface area contributed by atoms with E-state index in [1.807, 2.05) is 0 Å². The third kappa shape index (κ3) is 3.46. The van der Waals surface area contributed by atoms with Crippen LogP contribution in [-0.4, -0.2) is 40.7 Å². The number of sulfone groups is 1. The normalized spacial score (nSPS) is 12.5. The van der Waals surface area contributed by atoms with E-state index in [1.54, 1.807) is 7.05 Å². The maximum atomic E-state index is 13.0. The van der Waals surface area contributed by atoms with Crippen molar-refractivity contribution in [3.05, 3.63) is 28.4 Å². The molecule has 0 aliphatic heterocycles. The second-order valence-electron chi connectivity index (χ2n) is 5.88. The van der Waals surface area contributed by atoms with Gasteiger partial charge in [0, 0.05) is 20.3 Å². The highest BCUT2D eigenvalue weighted by Gasteiger charge is 2.32. The van der Waals surface area contributed by atoms with Crippen molar-refractivity contribution in [2.24, 2.45) is 7.05 Å². The van der Waals surface area contributed by atoms with Crippen molar-refractivity contribution in [2.75, 3.05) is 18.1 Å². The van der Waals surface area contributed by atoms with Gasteiger partial charge in [-0.3, -0.25) is 0 Å². The van der Waals surface area contributed by atoms with E-state index in [0.29, 0.717) is 16.5 Å². The van der Waals surface area contributed by atoms with Gasteiger partial charge in [0.15, 0.2) is 21.3 Å². The van der Waals surface area contributed by atoms with Crippen molar-refractivity contribution >= 4 is 42.7 Å². The molecular formula is C16H15BrF3N5O2S. The molecule has 0 aliphatic carbocycles. The highest BCUT2D eigenvalue weighted by Crippen LogP contribution is 2.35. The molecule has 7 nitrogen and oxygen atoms in total. The van der Waals surface area contributed by atoms with Gasteiger partial charge in [0.2, 0.25) is 0 Å². The van der Waals surface area contributed by atoms with Gasteiger partial charge in [0.25, 0.3) is 0 Å². The Morgan fingerprint density at radius 3 is 2.50 bits per heavy atom. The van der Waals surface area contributed by atoms with Gasteiger partial charge in [0.1, 0.15) is 17.0 Å². The Balaban J connectivity index is 2.34. The molecular weight excluding hydrogens is 463 g/mol. The van der Waals surface area contributed by atoms with Crippen LogP contribution in [0, 0.1) is 0 Å². The molecule has 0 aliphatic rings. The Bertz CT molecular complexity index is 1180. The molecule has 3 aromatic heterocycles. The van der Waals surface area contributed by atoms with Crippen molar-refractivity contribution in [3.8, 4) is 11.5 Å². The molecule has 150 valence electrons. The summed E-state index contributed by atoms with van der Waals surface area (Å²) in [6.07, 6.45) is -3.85. The summed E-state index contributed by atoms with van der Waals surface area (Å²) in [5.74, 6) is 0.284. The number of fused-ring (bicyclic) bond motifs is 1. The third-order valence-corrected chi connectivity index (χ3v) is 6.49. The molecule has 3 aromatic rings. The van der Waals surface area contributed by atoms with E-state index in [1.165, 1.54) is 24.6 Å². The molecule has 0 radical (unpaired) electrons. The SMILES string of the molecule is CCS(=O)(=O)c1cc(Br)c(NC)nc1-c1nc2cc(C(F)(F)F)cnc2n1C. The Kier molecular flexibility index (Phi) is 5.13. The number of aryl methyl sites for hydroxylation is 1. The minimum Gasteiger partial charge on any atom is -0.372 e. The summed E-state index contributed by atoms with van der Waals surface area (Å²) >= 11 is 3.27. The van der Waals surface area contributed by atoms with Gasteiger partial charge in [-0.25, -0.2) is 23.4 Å². The molecule has 0 fully saturated rings. The lowest BCUT2D eigenvalue weighted by atomic mass is 10.2. The van der Waals surface area contributed by atoms with Crippen LogP contribution in [0.25, 0.3) is 22.7 Å². The molecule has 0 amide bonds. The summed E-state index contributed by atoms with van der Waals surface area (Å²) in [7, 11) is -0.538.